The molecule has 6 heteroatoms. The molecule has 1 heterocycles. The number of hydrogen-bond donors (Lipinski definition) is 2. The van der Waals surface area contributed by atoms with Crippen molar-refractivity contribution in [1.82, 2.24) is 15.2 Å². The molecule has 1 aromatic heterocycles. The lowest BCUT2D eigenvalue weighted by atomic mass is 10.1. The van der Waals surface area contributed by atoms with Crippen molar-refractivity contribution in [3.8, 4) is 0 Å². The SMILES string of the molecule is Cc1cc(C)c(Nc2nncc(Nc3ccc(Br)cc3)n2)c(C)c1. The molecular formula is C18H18BrN5. The molecule has 0 aliphatic heterocycles. The molecule has 0 saturated carbocycles. The van der Waals surface area contributed by atoms with E-state index in [4.69, 9.17) is 0 Å². The number of aromatic nitrogens is 3. The second kappa shape index (κ2) is 6.97. The Morgan fingerprint density at radius 3 is 2.25 bits per heavy atom. The summed E-state index contributed by atoms with van der Waals surface area (Å²) in [4.78, 5) is 4.48. The summed E-state index contributed by atoms with van der Waals surface area (Å²) in [6.45, 7) is 6.23. The van der Waals surface area contributed by atoms with Gasteiger partial charge in [0, 0.05) is 15.8 Å². The highest BCUT2D eigenvalue weighted by atomic mass is 79.9. The van der Waals surface area contributed by atoms with Gasteiger partial charge in [-0.2, -0.15) is 10.1 Å². The second-order valence-corrected chi connectivity index (χ2v) is 6.61. The van der Waals surface area contributed by atoms with Crippen molar-refractivity contribution >= 4 is 39.1 Å². The van der Waals surface area contributed by atoms with E-state index >= 15 is 0 Å². The first kappa shape index (κ1) is 16.4. The Labute approximate surface area is 149 Å². The highest BCUT2D eigenvalue weighted by molar-refractivity contribution is 9.10. The van der Waals surface area contributed by atoms with Crippen LogP contribution in [0.1, 0.15) is 16.7 Å². The Hall–Kier alpha value is -2.47. The van der Waals surface area contributed by atoms with Crippen LogP contribution in [0.25, 0.3) is 0 Å². The first-order chi connectivity index (χ1) is 11.5. The summed E-state index contributed by atoms with van der Waals surface area (Å²) < 4.78 is 1.03. The molecule has 0 bridgehead atoms. The van der Waals surface area contributed by atoms with Gasteiger partial charge in [0.2, 0.25) is 5.95 Å². The van der Waals surface area contributed by atoms with Gasteiger partial charge in [0.25, 0.3) is 0 Å². The molecule has 5 nitrogen and oxygen atoms in total. The van der Waals surface area contributed by atoms with Crippen LogP contribution in [0.5, 0.6) is 0 Å². The Morgan fingerprint density at radius 2 is 1.58 bits per heavy atom. The van der Waals surface area contributed by atoms with Gasteiger partial charge in [0.1, 0.15) is 0 Å². The van der Waals surface area contributed by atoms with Crippen LogP contribution >= 0.6 is 15.9 Å². The fraction of sp³-hybridized carbons (Fsp3) is 0.167. The molecule has 0 aliphatic rings. The number of anilines is 4. The zero-order valence-electron chi connectivity index (χ0n) is 13.8. The summed E-state index contributed by atoms with van der Waals surface area (Å²) in [5.74, 6) is 1.10. The fourth-order valence-corrected chi connectivity index (χ4v) is 2.85. The summed E-state index contributed by atoms with van der Waals surface area (Å²) in [6, 6.07) is 12.1. The zero-order valence-corrected chi connectivity index (χ0v) is 15.3. The number of rotatable bonds is 4. The first-order valence-corrected chi connectivity index (χ1v) is 8.38. The molecule has 0 saturated heterocycles. The fourth-order valence-electron chi connectivity index (χ4n) is 2.59. The molecule has 122 valence electrons. The summed E-state index contributed by atoms with van der Waals surface area (Å²) in [5, 5.41) is 14.6. The van der Waals surface area contributed by atoms with E-state index in [9.17, 15) is 0 Å². The maximum Gasteiger partial charge on any atom is 0.249 e. The van der Waals surface area contributed by atoms with E-state index < -0.39 is 0 Å². The third-order valence-electron chi connectivity index (χ3n) is 3.59. The van der Waals surface area contributed by atoms with Crippen molar-refractivity contribution < 1.29 is 0 Å². The predicted molar refractivity (Wildman–Crippen MR) is 101 cm³/mol. The normalized spacial score (nSPS) is 10.5. The van der Waals surface area contributed by atoms with Crippen molar-refractivity contribution in [2.24, 2.45) is 0 Å². The zero-order chi connectivity index (χ0) is 17.1. The summed E-state index contributed by atoms with van der Waals surface area (Å²) in [6.07, 6.45) is 1.60. The van der Waals surface area contributed by atoms with Gasteiger partial charge in [-0.25, -0.2) is 0 Å². The standard InChI is InChI=1S/C18H18BrN5/c1-11-8-12(2)17(13(3)9-11)23-18-22-16(10-20-24-18)21-15-6-4-14(19)5-7-15/h4-10H,1-3H3,(H2,21,22,23,24). The number of halogens is 1. The van der Waals surface area contributed by atoms with Crippen molar-refractivity contribution in [3.63, 3.8) is 0 Å². The molecule has 0 radical (unpaired) electrons. The quantitative estimate of drug-likeness (QED) is 0.659. The van der Waals surface area contributed by atoms with Crippen LogP contribution in [0, 0.1) is 20.8 Å². The van der Waals surface area contributed by atoms with Crippen molar-refractivity contribution in [2.45, 2.75) is 20.8 Å². The highest BCUT2D eigenvalue weighted by Crippen LogP contribution is 2.25. The molecule has 3 rings (SSSR count). The number of benzene rings is 2. The summed E-state index contributed by atoms with van der Waals surface area (Å²) in [5.41, 5.74) is 5.50. The van der Waals surface area contributed by atoms with Crippen LogP contribution in [0.4, 0.5) is 23.1 Å². The highest BCUT2D eigenvalue weighted by Gasteiger charge is 2.07. The van der Waals surface area contributed by atoms with Crippen molar-refractivity contribution in [1.29, 1.82) is 0 Å². The molecule has 0 aliphatic carbocycles. The van der Waals surface area contributed by atoms with Gasteiger partial charge in [0.05, 0.1) is 6.20 Å². The maximum absolute atomic E-state index is 4.48. The lowest BCUT2D eigenvalue weighted by molar-refractivity contribution is 0.981. The van der Waals surface area contributed by atoms with Gasteiger partial charge >= 0.3 is 0 Å². The van der Waals surface area contributed by atoms with Crippen LogP contribution in [0.15, 0.2) is 47.1 Å². The summed E-state index contributed by atoms with van der Waals surface area (Å²) >= 11 is 3.42. The Kier molecular flexibility index (Phi) is 4.76. The van der Waals surface area contributed by atoms with Crippen LogP contribution < -0.4 is 10.6 Å². The molecule has 2 N–H and O–H groups in total. The molecule has 24 heavy (non-hydrogen) atoms. The van der Waals surface area contributed by atoms with Gasteiger partial charge < -0.3 is 10.6 Å². The Bertz CT molecular complexity index is 839. The monoisotopic (exact) mass is 383 g/mol. The average molecular weight is 384 g/mol. The van der Waals surface area contributed by atoms with E-state index in [-0.39, 0.29) is 0 Å². The lowest BCUT2D eigenvalue weighted by Gasteiger charge is -2.13. The molecule has 2 aromatic carbocycles. The minimum absolute atomic E-state index is 0.465. The molecule has 0 spiro atoms. The van der Waals surface area contributed by atoms with E-state index in [1.807, 2.05) is 24.3 Å². The predicted octanol–water partition coefficient (Wildman–Crippen LogP) is 5.05. The smallest absolute Gasteiger partial charge is 0.249 e. The van der Waals surface area contributed by atoms with E-state index in [1.165, 1.54) is 5.56 Å². The van der Waals surface area contributed by atoms with Gasteiger partial charge in [-0.15, -0.1) is 5.10 Å². The van der Waals surface area contributed by atoms with Gasteiger partial charge in [-0.3, -0.25) is 0 Å². The topological polar surface area (TPSA) is 62.7 Å². The van der Waals surface area contributed by atoms with E-state index in [2.05, 4.69) is 74.6 Å². The van der Waals surface area contributed by atoms with Crippen LogP contribution in [0.3, 0.4) is 0 Å². The second-order valence-electron chi connectivity index (χ2n) is 5.70. The first-order valence-electron chi connectivity index (χ1n) is 7.58. The average Bonchev–Trinajstić information content (AvgIpc) is 2.53. The molecular weight excluding hydrogens is 366 g/mol. The van der Waals surface area contributed by atoms with Crippen LogP contribution in [0.2, 0.25) is 0 Å². The molecule has 3 aromatic rings. The van der Waals surface area contributed by atoms with Crippen LogP contribution in [-0.2, 0) is 0 Å². The van der Waals surface area contributed by atoms with Crippen molar-refractivity contribution in [3.05, 3.63) is 63.8 Å². The maximum atomic E-state index is 4.48. The lowest BCUT2D eigenvalue weighted by Crippen LogP contribution is -2.04. The van der Waals surface area contributed by atoms with E-state index in [0.29, 0.717) is 11.8 Å². The molecule has 0 unspecified atom stereocenters. The Balaban J connectivity index is 1.82. The number of nitrogens with one attached hydrogen (secondary N) is 2. The third-order valence-corrected chi connectivity index (χ3v) is 4.12. The Morgan fingerprint density at radius 1 is 0.917 bits per heavy atom. The van der Waals surface area contributed by atoms with Gasteiger partial charge in [-0.1, -0.05) is 33.6 Å². The minimum Gasteiger partial charge on any atom is -0.339 e. The summed E-state index contributed by atoms with van der Waals surface area (Å²) in [7, 11) is 0. The largest absolute Gasteiger partial charge is 0.339 e. The van der Waals surface area contributed by atoms with Crippen LogP contribution in [-0.4, -0.2) is 15.2 Å². The number of nitrogens with zero attached hydrogens (tertiary/aromatic N) is 3. The van der Waals surface area contributed by atoms with Crippen molar-refractivity contribution in [2.75, 3.05) is 10.6 Å². The minimum atomic E-state index is 0.465. The molecule has 0 fully saturated rings. The molecule has 0 atom stereocenters. The number of aryl methyl sites for hydroxylation is 3. The van der Waals surface area contributed by atoms with E-state index in [1.54, 1.807) is 6.20 Å². The van der Waals surface area contributed by atoms with E-state index in [0.717, 1.165) is 27.0 Å². The van der Waals surface area contributed by atoms with Gasteiger partial charge in [0.15, 0.2) is 5.82 Å². The molecule has 0 amide bonds. The third kappa shape index (κ3) is 3.89. The van der Waals surface area contributed by atoms with Gasteiger partial charge in [-0.05, 0) is 56.2 Å². The number of hydrogen-bond acceptors (Lipinski definition) is 5.